The van der Waals surface area contributed by atoms with Crippen molar-refractivity contribution in [2.24, 2.45) is 0 Å². The van der Waals surface area contributed by atoms with Crippen molar-refractivity contribution in [1.82, 2.24) is 0 Å². The molecule has 4 heteroatoms. The van der Waals surface area contributed by atoms with E-state index in [9.17, 15) is 4.79 Å². The number of carboxylic acids is 1. The van der Waals surface area contributed by atoms with Gasteiger partial charge >= 0.3 is 5.97 Å². The highest BCUT2D eigenvalue weighted by Gasteiger charge is 2.08. The minimum atomic E-state index is -1.06. The number of hydrogen-bond acceptors (Lipinski definition) is 2. The second kappa shape index (κ2) is 5.40. The molecule has 0 spiro atoms. The Morgan fingerprint density at radius 1 is 1.47 bits per heavy atom. The fourth-order valence-electron chi connectivity index (χ4n) is 1.02. The maximum atomic E-state index is 10.8. The molecule has 1 aromatic rings. The number of carboxylic acid groups (broad SMARTS) is 1. The summed E-state index contributed by atoms with van der Waals surface area (Å²) in [7, 11) is 0. The number of halogens is 1. The topological polar surface area (TPSA) is 57.5 Å². The molecule has 15 heavy (non-hydrogen) atoms. The van der Waals surface area contributed by atoms with Gasteiger partial charge in [0.15, 0.2) is 0 Å². The van der Waals surface area contributed by atoms with Crippen LogP contribution >= 0.6 is 11.6 Å². The van der Waals surface area contributed by atoms with E-state index in [1.807, 2.05) is 0 Å². The van der Waals surface area contributed by atoms with E-state index in [1.54, 1.807) is 12.1 Å². The highest BCUT2D eigenvalue weighted by Crippen LogP contribution is 2.15. The number of aliphatic hydroxyl groups excluding tert-OH is 1. The number of aliphatic hydroxyl groups is 1. The first kappa shape index (κ1) is 11.6. The van der Waals surface area contributed by atoms with Gasteiger partial charge in [-0.15, -0.1) is 0 Å². The molecule has 78 valence electrons. The molecule has 0 atom stereocenters. The minimum Gasteiger partial charge on any atom is -0.478 e. The quantitative estimate of drug-likeness (QED) is 0.753. The molecule has 0 aliphatic carbocycles. The molecule has 3 nitrogen and oxygen atoms in total. The van der Waals surface area contributed by atoms with E-state index in [1.165, 1.54) is 6.07 Å². The van der Waals surface area contributed by atoms with E-state index in [0.717, 1.165) is 0 Å². The third-order valence-corrected chi connectivity index (χ3v) is 1.91. The van der Waals surface area contributed by atoms with Crippen molar-refractivity contribution >= 4 is 17.6 Å². The summed E-state index contributed by atoms with van der Waals surface area (Å²) in [5, 5.41) is 17.8. The Morgan fingerprint density at radius 3 is 2.80 bits per heavy atom. The van der Waals surface area contributed by atoms with Gasteiger partial charge < -0.3 is 10.2 Å². The zero-order valence-corrected chi connectivity index (χ0v) is 8.58. The number of aromatic carboxylic acids is 1. The predicted octanol–water partition coefficient (Wildman–Crippen LogP) is 1.77. The lowest BCUT2D eigenvalue weighted by Gasteiger charge is -1.99. The minimum absolute atomic E-state index is 0.0387. The standard InChI is InChI=1S/C11H9ClO3/c12-9-5-4-8(3-1-2-6-13)10(7-9)11(14)15/h4-5,7,13H,2,6H2,(H,14,15). The Bertz CT molecular complexity index is 429. The Kier molecular flexibility index (Phi) is 4.17. The average molecular weight is 225 g/mol. The molecule has 0 amide bonds. The zero-order chi connectivity index (χ0) is 11.3. The van der Waals surface area contributed by atoms with Crippen molar-refractivity contribution in [2.75, 3.05) is 6.61 Å². The first-order chi connectivity index (χ1) is 7.15. The molecule has 0 saturated carbocycles. The van der Waals surface area contributed by atoms with Gasteiger partial charge in [-0.25, -0.2) is 4.79 Å². The van der Waals surface area contributed by atoms with E-state index in [4.69, 9.17) is 21.8 Å². The van der Waals surface area contributed by atoms with Gasteiger partial charge in [0.2, 0.25) is 0 Å². The van der Waals surface area contributed by atoms with Crippen molar-refractivity contribution in [3.63, 3.8) is 0 Å². The summed E-state index contributed by atoms with van der Waals surface area (Å²) in [6.07, 6.45) is 0.321. The highest BCUT2D eigenvalue weighted by atomic mass is 35.5. The van der Waals surface area contributed by atoms with Gasteiger partial charge in [-0.3, -0.25) is 0 Å². The van der Waals surface area contributed by atoms with Crippen LogP contribution in [0.1, 0.15) is 22.3 Å². The van der Waals surface area contributed by atoms with Crippen LogP contribution in [0.25, 0.3) is 0 Å². The van der Waals surface area contributed by atoms with Gasteiger partial charge in [0.1, 0.15) is 0 Å². The molecule has 0 aliphatic heterocycles. The third kappa shape index (κ3) is 3.28. The fraction of sp³-hybridized carbons (Fsp3) is 0.182. The second-order valence-corrected chi connectivity index (χ2v) is 3.21. The van der Waals surface area contributed by atoms with Crippen LogP contribution in [0, 0.1) is 11.8 Å². The van der Waals surface area contributed by atoms with Crippen LogP contribution in [0.5, 0.6) is 0 Å². The van der Waals surface area contributed by atoms with E-state index in [-0.39, 0.29) is 12.2 Å². The Balaban J connectivity index is 3.08. The smallest absolute Gasteiger partial charge is 0.337 e. The van der Waals surface area contributed by atoms with Crippen LogP contribution in [0.2, 0.25) is 5.02 Å². The monoisotopic (exact) mass is 224 g/mol. The molecule has 0 saturated heterocycles. The molecule has 0 unspecified atom stereocenters. The number of benzene rings is 1. The lowest BCUT2D eigenvalue weighted by Crippen LogP contribution is -1.99. The largest absolute Gasteiger partial charge is 0.478 e. The molecule has 1 aromatic carbocycles. The summed E-state index contributed by atoms with van der Waals surface area (Å²) in [4.78, 5) is 10.8. The Morgan fingerprint density at radius 2 is 2.20 bits per heavy atom. The molecule has 0 fully saturated rings. The first-order valence-corrected chi connectivity index (χ1v) is 4.65. The zero-order valence-electron chi connectivity index (χ0n) is 7.83. The van der Waals surface area contributed by atoms with Gasteiger partial charge in [0.25, 0.3) is 0 Å². The maximum Gasteiger partial charge on any atom is 0.337 e. The van der Waals surface area contributed by atoms with E-state index in [0.29, 0.717) is 17.0 Å². The summed E-state index contributed by atoms with van der Waals surface area (Å²) >= 11 is 5.67. The normalized spacial score (nSPS) is 9.20. The third-order valence-electron chi connectivity index (χ3n) is 1.67. The molecule has 0 aromatic heterocycles. The van der Waals surface area contributed by atoms with Gasteiger partial charge in [0.05, 0.1) is 12.2 Å². The second-order valence-electron chi connectivity index (χ2n) is 2.77. The van der Waals surface area contributed by atoms with Crippen LogP contribution in [0.15, 0.2) is 18.2 Å². The molecule has 1 rings (SSSR count). The predicted molar refractivity (Wildman–Crippen MR) is 57.0 cm³/mol. The summed E-state index contributed by atoms with van der Waals surface area (Å²) in [6.45, 7) is -0.0387. The lowest BCUT2D eigenvalue weighted by atomic mass is 10.1. The van der Waals surface area contributed by atoms with Crippen molar-refractivity contribution < 1.29 is 15.0 Å². The fourth-order valence-corrected chi connectivity index (χ4v) is 1.19. The summed E-state index contributed by atoms with van der Waals surface area (Å²) < 4.78 is 0. The summed E-state index contributed by atoms with van der Waals surface area (Å²) in [5.41, 5.74) is 0.480. The van der Waals surface area contributed by atoms with Gasteiger partial charge in [-0.1, -0.05) is 23.4 Å². The summed E-state index contributed by atoms with van der Waals surface area (Å²) in [6, 6.07) is 4.49. The molecular formula is C11H9ClO3. The van der Waals surface area contributed by atoms with Gasteiger partial charge in [-0.2, -0.15) is 0 Å². The van der Waals surface area contributed by atoms with Crippen LogP contribution in [-0.2, 0) is 0 Å². The number of rotatable bonds is 2. The SMILES string of the molecule is O=C(O)c1cc(Cl)ccc1C#CCCO. The summed E-state index contributed by atoms with van der Waals surface area (Å²) in [5.74, 6) is 4.27. The van der Waals surface area contributed by atoms with Gasteiger partial charge in [-0.05, 0) is 18.2 Å². The molecule has 0 heterocycles. The van der Waals surface area contributed by atoms with Crippen LogP contribution in [0.3, 0.4) is 0 Å². The molecule has 0 radical (unpaired) electrons. The highest BCUT2D eigenvalue weighted by molar-refractivity contribution is 6.31. The Labute approximate surface area is 92.3 Å². The Hall–Kier alpha value is -1.50. The van der Waals surface area contributed by atoms with E-state index >= 15 is 0 Å². The average Bonchev–Trinajstić information content (AvgIpc) is 2.20. The van der Waals surface area contributed by atoms with Gasteiger partial charge in [0, 0.05) is 17.0 Å². The van der Waals surface area contributed by atoms with Crippen LogP contribution < -0.4 is 0 Å². The number of hydrogen-bond donors (Lipinski definition) is 2. The van der Waals surface area contributed by atoms with Crippen molar-refractivity contribution in [3.05, 3.63) is 34.3 Å². The van der Waals surface area contributed by atoms with Crippen LogP contribution in [0.4, 0.5) is 0 Å². The van der Waals surface area contributed by atoms with E-state index in [2.05, 4.69) is 11.8 Å². The first-order valence-electron chi connectivity index (χ1n) is 4.27. The van der Waals surface area contributed by atoms with Crippen LogP contribution in [-0.4, -0.2) is 22.8 Å². The lowest BCUT2D eigenvalue weighted by molar-refractivity contribution is 0.0696. The van der Waals surface area contributed by atoms with Crippen molar-refractivity contribution in [1.29, 1.82) is 0 Å². The molecule has 2 N–H and O–H groups in total. The van der Waals surface area contributed by atoms with E-state index < -0.39 is 5.97 Å². The molecular weight excluding hydrogens is 216 g/mol. The molecule has 0 aliphatic rings. The number of carbonyl (C=O) groups is 1. The van der Waals surface area contributed by atoms with Crippen molar-refractivity contribution in [3.8, 4) is 11.8 Å². The maximum absolute atomic E-state index is 10.8. The van der Waals surface area contributed by atoms with Crippen molar-refractivity contribution in [2.45, 2.75) is 6.42 Å². The molecule has 0 bridgehead atoms.